The standard InChI is InChI=1S/C28H37N3O6/c1-5-19(26(34)35)17-29-24(32)23-10-7-13-31(18-23)25(33)22-9-6-8-21(16-22)20-11-14-30(15-12-20)27(36)37-28(2,3)4/h1,6,8-9,16,19-20,23H,7,10-15,17-18H2,2-4H3,(H,29,32)(H,34,35)/t19-,23+/m0/s1. The van der Waals surface area contributed by atoms with E-state index in [0.717, 1.165) is 18.4 Å². The molecule has 3 rings (SSSR count). The zero-order valence-corrected chi connectivity index (χ0v) is 21.9. The molecule has 0 spiro atoms. The summed E-state index contributed by atoms with van der Waals surface area (Å²) in [6, 6.07) is 7.60. The van der Waals surface area contributed by atoms with Crippen molar-refractivity contribution in [2.45, 2.75) is 58.0 Å². The number of ether oxygens (including phenoxy) is 1. The van der Waals surface area contributed by atoms with E-state index in [4.69, 9.17) is 16.3 Å². The van der Waals surface area contributed by atoms with E-state index in [1.54, 1.807) is 15.9 Å². The predicted molar refractivity (Wildman–Crippen MR) is 138 cm³/mol. The van der Waals surface area contributed by atoms with Gasteiger partial charge in [0.05, 0.1) is 5.92 Å². The molecule has 0 bridgehead atoms. The summed E-state index contributed by atoms with van der Waals surface area (Å²) in [5.74, 6) is -0.667. The quantitative estimate of drug-likeness (QED) is 0.567. The van der Waals surface area contributed by atoms with Crippen LogP contribution < -0.4 is 5.32 Å². The Balaban J connectivity index is 1.57. The molecule has 37 heavy (non-hydrogen) atoms. The fraction of sp³-hybridized carbons (Fsp3) is 0.571. The Morgan fingerprint density at radius 1 is 1.14 bits per heavy atom. The lowest BCUT2D eigenvalue weighted by Gasteiger charge is -2.34. The average Bonchev–Trinajstić information content (AvgIpc) is 2.87. The summed E-state index contributed by atoms with van der Waals surface area (Å²) in [6.45, 7) is 7.46. The van der Waals surface area contributed by atoms with Gasteiger partial charge in [0.25, 0.3) is 5.91 Å². The maximum Gasteiger partial charge on any atom is 0.410 e. The third kappa shape index (κ3) is 7.72. The van der Waals surface area contributed by atoms with Gasteiger partial charge in [0.15, 0.2) is 0 Å². The number of hydrogen-bond acceptors (Lipinski definition) is 5. The van der Waals surface area contributed by atoms with Crippen LogP contribution in [0.25, 0.3) is 0 Å². The van der Waals surface area contributed by atoms with Gasteiger partial charge in [-0.2, -0.15) is 0 Å². The van der Waals surface area contributed by atoms with E-state index in [1.807, 2.05) is 39.0 Å². The fourth-order valence-electron chi connectivity index (χ4n) is 4.77. The number of nitrogens with one attached hydrogen (secondary N) is 1. The molecule has 2 saturated heterocycles. The lowest BCUT2D eigenvalue weighted by atomic mass is 9.88. The van der Waals surface area contributed by atoms with Gasteiger partial charge in [0.2, 0.25) is 5.91 Å². The van der Waals surface area contributed by atoms with E-state index in [2.05, 4.69) is 11.2 Å². The maximum atomic E-state index is 13.3. The van der Waals surface area contributed by atoms with Crippen LogP contribution in [0.15, 0.2) is 24.3 Å². The van der Waals surface area contributed by atoms with Crippen molar-refractivity contribution < 1.29 is 29.0 Å². The lowest BCUT2D eigenvalue weighted by molar-refractivity contribution is -0.139. The van der Waals surface area contributed by atoms with E-state index >= 15 is 0 Å². The molecule has 2 fully saturated rings. The van der Waals surface area contributed by atoms with Gasteiger partial charge in [-0.3, -0.25) is 14.4 Å². The molecule has 2 aliphatic heterocycles. The summed E-state index contributed by atoms with van der Waals surface area (Å²) in [5.41, 5.74) is 1.11. The van der Waals surface area contributed by atoms with Crippen molar-refractivity contribution in [3.63, 3.8) is 0 Å². The monoisotopic (exact) mass is 511 g/mol. The Labute approximate surface area is 218 Å². The van der Waals surface area contributed by atoms with Gasteiger partial charge in [0, 0.05) is 38.3 Å². The molecule has 1 aromatic carbocycles. The molecular formula is C28H37N3O6. The highest BCUT2D eigenvalue weighted by Gasteiger charge is 2.31. The Bertz CT molecular complexity index is 1050. The first-order valence-electron chi connectivity index (χ1n) is 12.8. The van der Waals surface area contributed by atoms with Crippen molar-refractivity contribution in [3.05, 3.63) is 35.4 Å². The molecule has 2 aliphatic rings. The van der Waals surface area contributed by atoms with Crippen LogP contribution in [0.3, 0.4) is 0 Å². The number of carbonyl (C=O) groups excluding carboxylic acids is 3. The minimum atomic E-state index is -1.15. The molecule has 200 valence electrons. The number of carboxylic acid groups (broad SMARTS) is 1. The molecule has 0 aliphatic carbocycles. The number of benzene rings is 1. The van der Waals surface area contributed by atoms with E-state index in [9.17, 15) is 19.2 Å². The van der Waals surface area contributed by atoms with Crippen LogP contribution in [0.1, 0.15) is 68.3 Å². The highest BCUT2D eigenvalue weighted by Crippen LogP contribution is 2.30. The number of amides is 3. The predicted octanol–water partition coefficient (Wildman–Crippen LogP) is 3.10. The first kappa shape index (κ1) is 28.0. The second-order valence-corrected chi connectivity index (χ2v) is 10.8. The number of likely N-dealkylation sites (tertiary alicyclic amines) is 2. The van der Waals surface area contributed by atoms with Crippen molar-refractivity contribution in [1.29, 1.82) is 0 Å². The summed E-state index contributed by atoms with van der Waals surface area (Å²) < 4.78 is 5.48. The summed E-state index contributed by atoms with van der Waals surface area (Å²) in [7, 11) is 0. The highest BCUT2D eigenvalue weighted by atomic mass is 16.6. The van der Waals surface area contributed by atoms with Gasteiger partial charge in [-0.15, -0.1) is 6.42 Å². The number of hydrogen-bond donors (Lipinski definition) is 2. The van der Waals surface area contributed by atoms with Crippen molar-refractivity contribution in [2.24, 2.45) is 11.8 Å². The molecule has 3 amide bonds. The third-order valence-electron chi connectivity index (χ3n) is 6.81. The van der Waals surface area contributed by atoms with E-state index in [1.165, 1.54) is 0 Å². The SMILES string of the molecule is C#C[C@@H](CNC(=O)[C@@H]1CCCN(C(=O)c2cccc(C3CCN(C(=O)OC(C)(C)C)CC3)c2)C1)C(=O)O. The summed E-state index contributed by atoms with van der Waals surface area (Å²) >= 11 is 0. The van der Waals surface area contributed by atoms with Crippen LogP contribution in [0.2, 0.25) is 0 Å². The topological polar surface area (TPSA) is 116 Å². The summed E-state index contributed by atoms with van der Waals surface area (Å²) in [4.78, 5) is 52.8. The fourth-order valence-corrected chi connectivity index (χ4v) is 4.77. The van der Waals surface area contributed by atoms with Crippen LogP contribution in [0, 0.1) is 24.2 Å². The molecule has 1 aromatic rings. The first-order chi connectivity index (χ1) is 17.5. The van der Waals surface area contributed by atoms with Gasteiger partial charge in [-0.1, -0.05) is 18.1 Å². The van der Waals surface area contributed by atoms with Crippen molar-refractivity contribution in [3.8, 4) is 12.3 Å². The zero-order chi connectivity index (χ0) is 27.2. The van der Waals surface area contributed by atoms with Crippen molar-refractivity contribution >= 4 is 23.9 Å². The van der Waals surface area contributed by atoms with Crippen LogP contribution in [0.4, 0.5) is 4.79 Å². The summed E-state index contributed by atoms with van der Waals surface area (Å²) in [5, 5.41) is 11.7. The van der Waals surface area contributed by atoms with Gasteiger partial charge >= 0.3 is 12.1 Å². The molecule has 2 N–H and O–H groups in total. The first-order valence-corrected chi connectivity index (χ1v) is 12.8. The molecule has 0 radical (unpaired) electrons. The minimum absolute atomic E-state index is 0.127. The molecular weight excluding hydrogens is 474 g/mol. The molecule has 9 heteroatoms. The summed E-state index contributed by atoms with van der Waals surface area (Å²) in [6.07, 6.45) is 7.81. The van der Waals surface area contributed by atoms with Crippen LogP contribution in [-0.4, -0.2) is 77.1 Å². The lowest BCUT2D eigenvalue weighted by Crippen LogP contribution is -2.46. The minimum Gasteiger partial charge on any atom is -0.480 e. The van der Waals surface area contributed by atoms with Crippen molar-refractivity contribution in [1.82, 2.24) is 15.1 Å². The number of rotatable bonds is 6. The molecule has 2 heterocycles. The van der Waals surface area contributed by atoms with Crippen LogP contribution >= 0.6 is 0 Å². The van der Waals surface area contributed by atoms with Gasteiger partial charge < -0.3 is 25.0 Å². The smallest absolute Gasteiger partial charge is 0.410 e. The van der Waals surface area contributed by atoms with E-state index < -0.39 is 23.4 Å². The van der Waals surface area contributed by atoms with E-state index in [-0.39, 0.29) is 36.9 Å². The Morgan fingerprint density at radius 2 is 1.84 bits per heavy atom. The Hall–Kier alpha value is -3.54. The highest BCUT2D eigenvalue weighted by molar-refractivity contribution is 5.95. The largest absolute Gasteiger partial charge is 0.480 e. The molecule has 0 aromatic heterocycles. The average molecular weight is 512 g/mol. The second kappa shape index (κ2) is 12.1. The van der Waals surface area contributed by atoms with Gasteiger partial charge in [-0.25, -0.2) is 4.79 Å². The third-order valence-corrected chi connectivity index (χ3v) is 6.81. The maximum absolute atomic E-state index is 13.3. The van der Waals surface area contributed by atoms with Gasteiger partial charge in [-0.05, 0) is 70.1 Å². The Kier molecular flexibility index (Phi) is 9.19. The number of terminal acetylenes is 1. The zero-order valence-electron chi connectivity index (χ0n) is 21.9. The van der Waals surface area contributed by atoms with Crippen LogP contribution in [0.5, 0.6) is 0 Å². The number of nitrogens with zero attached hydrogens (tertiary/aromatic N) is 2. The number of piperidine rings is 2. The molecule has 9 nitrogen and oxygen atoms in total. The Morgan fingerprint density at radius 3 is 2.46 bits per heavy atom. The van der Waals surface area contributed by atoms with Gasteiger partial charge in [0.1, 0.15) is 11.5 Å². The number of aliphatic carboxylic acids is 1. The van der Waals surface area contributed by atoms with Crippen molar-refractivity contribution in [2.75, 3.05) is 32.7 Å². The number of carbonyl (C=O) groups is 4. The molecule has 2 atom stereocenters. The molecule has 0 saturated carbocycles. The second-order valence-electron chi connectivity index (χ2n) is 10.8. The molecule has 0 unspecified atom stereocenters. The van der Waals surface area contributed by atoms with Crippen LogP contribution in [-0.2, 0) is 14.3 Å². The normalized spacial score (nSPS) is 19.5. The van der Waals surface area contributed by atoms with E-state index in [0.29, 0.717) is 38.0 Å². The number of carboxylic acids is 1.